The molecular weight excluding hydrogens is 416 g/mol. The average molecular weight is 463 g/mol. The molecule has 32 heavy (non-hydrogen) atoms. The first-order chi connectivity index (χ1) is 14.8. The van der Waals surface area contributed by atoms with Crippen LogP contribution in [-0.4, -0.2) is 44.6 Å². The van der Waals surface area contributed by atoms with Gasteiger partial charge in [-0.2, -0.15) is 0 Å². The highest BCUT2D eigenvalue weighted by Gasteiger charge is 2.68. The lowest BCUT2D eigenvalue weighted by atomic mass is 9.46. The van der Waals surface area contributed by atoms with Gasteiger partial charge in [0.15, 0.2) is 14.1 Å². The van der Waals surface area contributed by atoms with E-state index in [1.165, 1.54) is 6.42 Å². The molecule has 1 heterocycles. The monoisotopic (exact) mass is 462 g/mol. The van der Waals surface area contributed by atoms with Crippen molar-refractivity contribution >= 4 is 8.32 Å². The predicted octanol–water partition coefficient (Wildman–Crippen LogP) is 6.05. The molecule has 1 N–H and O–H groups in total. The molecule has 4 aliphatic carbocycles. The summed E-state index contributed by atoms with van der Waals surface area (Å²) in [6.07, 6.45) is 9.98. The topological polar surface area (TPSA) is 47.9 Å². The normalized spacial score (nSPS) is 45.9. The second kappa shape index (κ2) is 7.40. The Balaban J connectivity index is 1.39. The smallest absolute Gasteiger partial charge is 0.192 e. The fraction of sp³-hybridized carbons (Fsp3) is 0.926. The van der Waals surface area contributed by atoms with E-state index in [0.29, 0.717) is 37.1 Å². The van der Waals surface area contributed by atoms with Crippen LogP contribution in [0.4, 0.5) is 0 Å². The lowest BCUT2D eigenvalue weighted by Gasteiger charge is -2.60. The Labute approximate surface area is 196 Å². The summed E-state index contributed by atoms with van der Waals surface area (Å²) in [4.78, 5) is 0. The van der Waals surface area contributed by atoms with Gasteiger partial charge in [-0.05, 0) is 79.8 Å². The molecule has 0 radical (unpaired) electrons. The summed E-state index contributed by atoms with van der Waals surface area (Å²) in [6, 6.07) is 0. The molecule has 182 valence electrons. The Kier molecular flexibility index (Phi) is 5.44. The summed E-state index contributed by atoms with van der Waals surface area (Å²) in [6.45, 7) is 17.9. The first-order valence-corrected chi connectivity index (χ1v) is 16.1. The maximum absolute atomic E-state index is 11.7. The number of aliphatic hydroxyl groups excluding tert-OH is 1. The van der Waals surface area contributed by atoms with Crippen molar-refractivity contribution in [3.63, 3.8) is 0 Å². The number of hydrogen-bond acceptors (Lipinski definition) is 4. The summed E-state index contributed by atoms with van der Waals surface area (Å²) < 4.78 is 19.4. The molecule has 4 unspecified atom stereocenters. The Morgan fingerprint density at radius 3 is 2.44 bits per heavy atom. The minimum Gasteiger partial charge on any atom is -0.414 e. The van der Waals surface area contributed by atoms with Crippen molar-refractivity contribution in [1.29, 1.82) is 0 Å². The van der Waals surface area contributed by atoms with E-state index < -0.39 is 14.1 Å². The molecule has 1 saturated heterocycles. The van der Waals surface area contributed by atoms with Crippen molar-refractivity contribution in [1.82, 2.24) is 0 Å². The van der Waals surface area contributed by atoms with Gasteiger partial charge in [-0.25, -0.2) is 0 Å². The summed E-state index contributed by atoms with van der Waals surface area (Å²) in [7, 11) is -1.77. The zero-order chi connectivity index (χ0) is 23.2. The summed E-state index contributed by atoms with van der Waals surface area (Å²) >= 11 is 0. The molecule has 1 spiro atoms. The van der Waals surface area contributed by atoms with Gasteiger partial charge in [0.2, 0.25) is 0 Å². The molecule has 5 heteroatoms. The van der Waals surface area contributed by atoms with E-state index in [2.05, 4.69) is 53.8 Å². The molecule has 0 amide bonds. The van der Waals surface area contributed by atoms with Crippen LogP contribution in [-0.2, 0) is 13.9 Å². The maximum Gasteiger partial charge on any atom is 0.192 e. The number of fused-ring (bicyclic) bond motifs is 6. The summed E-state index contributed by atoms with van der Waals surface area (Å²) in [5, 5.41) is 11.9. The SMILES string of the molecule is CC(C)(C)[Si](C)(C)O[C@H]1CC[C@@]2(C)C(=CCC3C2C(O)C[C@@]2(C)C3CCC23OCCO3)C1. The highest BCUT2D eigenvalue weighted by Crippen LogP contribution is 2.68. The lowest BCUT2D eigenvalue weighted by molar-refractivity contribution is -0.256. The first-order valence-electron chi connectivity index (χ1n) is 13.2. The van der Waals surface area contributed by atoms with Gasteiger partial charge in [0, 0.05) is 17.9 Å². The van der Waals surface area contributed by atoms with Gasteiger partial charge in [0.1, 0.15) is 0 Å². The Hall–Kier alpha value is -0.203. The Morgan fingerprint density at radius 1 is 1.09 bits per heavy atom. The van der Waals surface area contributed by atoms with Gasteiger partial charge in [0.25, 0.3) is 0 Å². The molecule has 1 aliphatic heterocycles. The van der Waals surface area contributed by atoms with Gasteiger partial charge >= 0.3 is 0 Å². The average Bonchev–Trinajstić information content (AvgIpc) is 3.27. The zero-order valence-corrected chi connectivity index (χ0v) is 22.5. The number of aliphatic hydroxyl groups is 1. The van der Waals surface area contributed by atoms with Gasteiger partial charge in [0.05, 0.1) is 19.3 Å². The number of ether oxygens (including phenoxy) is 2. The number of hydrogen-bond donors (Lipinski definition) is 1. The quantitative estimate of drug-likeness (QED) is 0.401. The van der Waals surface area contributed by atoms with Crippen molar-refractivity contribution in [2.45, 2.75) is 116 Å². The van der Waals surface area contributed by atoms with Gasteiger partial charge in [-0.1, -0.05) is 46.3 Å². The van der Waals surface area contributed by atoms with Crippen LogP contribution in [0.5, 0.6) is 0 Å². The van der Waals surface area contributed by atoms with Crippen molar-refractivity contribution in [3.8, 4) is 0 Å². The molecule has 3 saturated carbocycles. The molecule has 5 aliphatic rings. The van der Waals surface area contributed by atoms with E-state index in [-0.39, 0.29) is 22.0 Å². The van der Waals surface area contributed by atoms with E-state index in [9.17, 15) is 5.11 Å². The molecule has 0 bridgehead atoms. The summed E-state index contributed by atoms with van der Waals surface area (Å²) in [5.74, 6) is 1.00. The van der Waals surface area contributed by atoms with Crippen LogP contribution in [0.15, 0.2) is 11.6 Å². The number of rotatable bonds is 2. The van der Waals surface area contributed by atoms with Crippen LogP contribution in [0.3, 0.4) is 0 Å². The first kappa shape index (κ1) is 23.5. The zero-order valence-electron chi connectivity index (χ0n) is 21.5. The summed E-state index contributed by atoms with van der Waals surface area (Å²) in [5.41, 5.74) is 1.59. The van der Waals surface area contributed by atoms with Crippen molar-refractivity contribution in [3.05, 3.63) is 11.6 Å². The van der Waals surface area contributed by atoms with Gasteiger partial charge < -0.3 is 19.0 Å². The van der Waals surface area contributed by atoms with Crippen molar-refractivity contribution in [2.75, 3.05) is 13.2 Å². The number of allylic oxidation sites excluding steroid dienone is 1. The molecule has 4 nitrogen and oxygen atoms in total. The Morgan fingerprint density at radius 2 is 1.78 bits per heavy atom. The molecule has 5 rings (SSSR count). The Bertz CT molecular complexity index is 779. The van der Waals surface area contributed by atoms with Gasteiger partial charge in [-0.15, -0.1) is 0 Å². The van der Waals surface area contributed by atoms with E-state index >= 15 is 0 Å². The van der Waals surface area contributed by atoms with E-state index in [0.717, 1.165) is 38.5 Å². The second-order valence-corrected chi connectivity index (χ2v) is 18.4. The van der Waals surface area contributed by atoms with Crippen LogP contribution in [0.1, 0.15) is 79.6 Å². The van der Waals surface area contributed by atoms with Crippen molar-refractivity contribution < 1.29 is 19.0 Å². The third kappa shape index (κ3) is 3.21. The fourth-order valence-corrected chi connectivity index (χ4v) is 9.72. The minimum atomic E-state index is -1.77. The maximum atomic E-state index is 11.7. The molecular formula is C27H46O4Si. The minimum absolute atomic E-state index is 0.0750. The third-order valence-electron chi connectivity index (χ3n) is 11.1. The molecule has 7 atom stereocenters. The molecule has 0 aromatic rings. The van der Waals surface area contributed by atoms with Crippen LogP contribution in [0.2, 0.25) is 18.1 Å². The second-order valence-electron chi connectivity index (χ2n) is 13.6. The molecule has 0 aromatic heterocycles. The predicted molar refractivity (Wildman–Crippen MR) is 130 cm³/mol. The highest BCUT2D eigenvalue weighted by atomic mass is 28.4. The lowest BCUT2D eigenvalue weighted by Crippen LogP contribution is -2.60. The molecule has 0 aromatic carbocycles. The highest BCUT2D eigenvalue weighted by molar-refractivity contribution is 6.74. The largest absolute Gasteiger partial charge is 0.414 e. The third-order valence-corrected chi connectivity index (χ3v) is 15.6. The standard InChI is InChI=1S/C27H46O4Si/c1-24(2,3)32(6,7)31-19-10-12-25(4)18(16-19)8-9-20-21-11-13-27(29-14-15-30-27)26(21,5)17-22(28)23(20)25/h8,19-23,28H,9-17H2,1-7H3/t19-,20?,21?,22?,23?,25-,26-/m0/s1. The van der Waals surface area contributed by atoms with E-state index in [1.807, 2.05) is 0 Å². The van der Waals surface area contributed by atoms with E-state index in [1.54, 1.807) is 5.57 Å². The van der Waals surface area contributed by atoms with Crippen LogP contribution in [0, 0.1) is 28.6 Å². The van der Waals surface area contributed by atoms with Crippen LogP contribution < -0.4 is 0 Å². The van der Waals surface area contributed by atoms with Gasteiger partial charge in [-0.3, -0.25) is 0 Å². The van der Waals surface area contributed by atoms with E-state index in [4.69, 9.17) is 13.9 Å². The van der Waals surface area contributed by atoms with Crippen molar-refractivity contribution in [2.24, 2.45) is 28.6 Å². The van der Waals surface area contributed by atoms with Crippen LogP contribution in [0.25, 0.3) is 0 Å². The fourth-order valence-electron chi connectivity index (χ4n) is 8.33. The molecule has 4 fully saturated rings. The van der Waals surface area contributed by atoms with Crippen LogP contribution >= 0.6 is 0 Å².